The lowest BCUT2D eigenvalue weighted by Gasteiger charge is -2.32. The number of ether oxygens (including phenoxy) is 2. The van der Waals surface area contributed by atoms with E-state index >= 15 is 0 Å². The highest BCUT2D eigenvalue weighted by Gasteiger charge is 2.27. The Balaban J connectivity index is 1.86. The molecule has 1 amide bonds. The Hall–Kier alpha value is -1.59. The van der Waals surface area contributed by atoms with Crippen molar-refractivity contribution in [3.05, 3.63) is 23.8 Å². The number of hydrogen-bond donors (Lipinski definition) is 1. The Morgan fingerprint density at radius 1 is 1.44 bits per heavy atom. The van der Waals surface area contributed by atoms with E-state index in [1.165, 1.54) is 0 Å². The third-order valence-electron chi connectivity index (χ3n) is 3.38. The number of carbonyl (C=O) groups excluding carboxylic acids is 1. The van der Waals surface area contributed by atoms with Gasteiger partial charge in [-0.3, -0.25) is 4.79 Å². The van der Waals surface area contributed by atoms with Crippen LogP contribution in [0.2, 0.25) is 0 Å². The summed E-state index contributed by atoms with van der Waals surface area (Å²) in [5, 5.41) is 0. The fourth-order valence-corrected chi connectivity index (χ4v) is 2.36. The maximum atomic E-state index is 11.9. The highest BCUT2D eigenvalue weighted by atomic mass is 16.5. The van der Waals surface area contributed by atoms with Gasteiger partial charge in [-0.1, -0.05) is 0 Å². The van der Waals surface area contributed by atoms with Gasteiger partial charge in [-0.25, -0.2) is 0 Å². The van der Waals surface area contributed by atoms with Crippen LogP contribution >= 0.6 is 0 Å². The molecule has 96 valence electrons. The van der Waals surface area contributed by atoms with Crippen LogP contribution in [0.15, 0.2) is 18.2 Å². The molecule has 0 saturated carbocycles. The van der Waals surface area contributed by atoms with Gasteiger partial charge in [-0.15, -0.1) is 0 Å². The average Bonchev–Trinajstić information content (AvgIpc) is 2.86. The van der Waals surface area contributed by atoms with E-state index in [1.807, 2.05) is 18.2 Å². The standard InChI is InChI=1S/C13H16N2O3/c14-6-11-7-15(13(16)8-18-11)10-1-2-12-9(5-10)3-4-17-12/h1-2,5,11H,3-4,6-8,14H2. The molecular formula is C13H16N2O3. The summed E-state index contributed by atoms with van der Waals surface area (Å²) in [5.41, 5.74) is 7.67. The highest BCUT2D eigenvalue weighted by Crippen LogP contribution is 2.30. The number of anilines is 1. The summed E-state index contributed by atoms with van der Waals surface area (Å²) in [4.78, 5) is 13.6. The van der Waals surface area contributed by atoms with Crippen LogP contribution in [0.25, 0.3) is 0 Å². The third kappa shape index (κ3) is 1.95. The molecule has 1 aromatic carbocycles. The minimum atomic E-state index is -0.0767. The largest absolute Gasteiger partial charge is 0.493 e. The van der Waals surface area contributed by atoms with E-state index in [2.05, 4.69) is 0 Å². The number of fused-ring (bicyclic) bond motifs is 1. The number of carbonyl (C=O) groups is 1. The molecule has 1 fully saturated rings. The van der Waals surface area contributed by atoms with E-state index in [0.717, 1.165) is 30.0 Å². The molecule has 2 N–H and O–H groups in total. The number of nitrogens with two attached hydrogens (primary N) is 1. The fourth-order valence-electron chi connectivity index (χ4n) is 2.36. The normalized spacial score (nSPS) is 22.8. The molecule has 2 aliphatic rings. The number of nitrogens with zero attached hydrogens (tertiary/aromatic N) is 1. The second kappa shape index (κ2) is 4.59. The first-order chi connectivity index (χ1) is 8.78. The second-order valence-electron chi connectivity index (χ2n) is 4.56. The van der Waals surface area contributed by atoms with Crippen LogP contribution in [0, 0.1) is 0 Å². The second-order valence-corrected chi connectivity index (χ2v) is 4.56. The van der Waals surface area contributed by atoms with Crippen molar-refractivity contribution >= 4 is 11.6 Å². The molecule has 1 aromatic rings. The van der Waals surface area contributed by atoms with Gasteiger partial charge in [0.15, 0.2) is 0 Å². The molecule has 2 aliphatic heterocycles. The Morgan fingerprint density at radius 2 is 2.33 bits per heavy atom. The summed E-state index contributed by atoms with van der Waals surface area (Å²) in [6.07, 6.45) is 0.828. The SMILES string of the molecule is NCC1CN(c2ccc3c(c2)CCO3)C(=O)CO1. The van der Waals surface area contributed by atoms with Crippen LogP contribution in [0.5, 0.6) is 5.75 Å². The van der Waals surface area contributed by atoms with Gasteiger partial charge in [0.25, 0.3) is 5.91 Å². The van der Waals surface area contributed by atoms with Crippen molar-refractivity contribution in [1.82, 2.24) is 0 Å². The molecule has 1 unspecified atom stereocenters. The van der Waals surface area contributed by atoms with Crippen LogP contribution in [0.4, 0.5) is 5.69 Å². The molecule has 18 heavy (non-hydrogen) atoms. The van der Waals surface area contributed by atoms with Crippen molar-refractivity contribution in [3.8, 4) is 5.75 Å². The van der Waals surface area contributed by atoms with Crippen molar-refractivity contribution < 1.29 is 14.3 Å². The molecule has 1 saturated heterocycles. The van der Waals surface area contributed by atoms with Gasteiger partial charge in [0, 0.05) is 18.7 Å². The van der Waals surface area contributed by atoms with Gasteiger partial charge < -0.3 is 20.1 Å². The lowest BCUT2D eigenvalue weighted by atomic mass is 10.1. The molecule has 3 rings (SSSR count). The lowest BCUT2D eigenvalue weighted by molar-refractivity contribution is -0.128. The number of morpholine rings is 1. The first-order valence-electron chi connectivity index (χ1n) is 6.15. The Labute approximate surface area is 105 Å². The van der Waals surface area contributed by atoms with Crippen molar-refractivity contribution in [2.75, 3.05) is 31.2 Å². The zero-order valence-electron chi connectivity index (χ0n) is 10.1. The zero-order valence-corrected chi connectivity index (χ0v) is 10.1. The van der Waals surface area contributed by atoms with Crippen molar-refractivity contribution in [2.24, 2.45) is 5.73 Å². The fraction of sp³-hybridized carbons (Fsp3) is 0.462. The van der Waals surface area contributed by atoms with Gasteiger partial charge in [-0.2, -0.15) is 0 Å². The summed E-state index contributed by atoms with van der Waals surface area (Å²) in [7, 11) is 0. The van der Waals surface area contributed by atoms with E-state index in [1.54, 1.807) is 4.90 Å². The minimum Gasteiger partial charge on any atom is -0.493 e. The average molecular weight is 248 g/mol. The van der Waals surface area contributed by atoms with Crippen molar-refractivity contribution in [3.63, 3.8) is 0 Å². The van der Waals surface area contributed by atoms with E-state index in [4.69, 9.17) is 15.2 Å². The predicted octanol–water partition coefficient (Wildman–Crippen LogP) is 0.312. The molecule has 0 radical (unpaired) electrons. The summed E-state index contributed by atoms with van der Waals surface area (Å²) >= 11 is 0. The maximum Gasteiger partial charge on any atom is 0.253 e. The van der Waals surface area contributed by atoms with Crippen LogP contribution in [-0.4, -0.2) is 38.3 Å². The molecule has 0 spiro atoms. The summed E-state index contributed by atoms with van der Waals surface area (Å²) in [5.74, 6) is 0.911. The van der Waals surface area contributed by atoms with Gasteiger partial charge in [-0.05, 0) is 23.8 Å². The van der Waals surface area contributed by atoms with Gasteiger partial charge in [0.05, 0.1) is 19.3 Å². The first kappa shape index (κ1) is 11.5. The Kier molecular flexibility index (Phi) is 2.93. The van der Waals surface area contributed by atoms with Crippen LogP contribution < -0.4 is 15.4 Å². The van der Waals surface area contributed by atoms with Gasteiger partial charge >= 0.3 is 0 Å². The molecule has 5 nitrogen and oxygen atoms in total. The quantitative estimate of drug-likeness (QED) is 0.818. The van der Waals surface area contributed by atoms with E-state index in [-0.39, 0.29) is 18.6 Å². The lowest BCUT2D eigenvalue weighted by Crippen LogP contribution is -2.49. The van der Waals surface area contributed by atoms with Crippen molar-refractivity contribution in [1.29, 1.82) is 0 Å². The molecular weight excluding hydrogens is 232 g/mol. The zero-order chi connectivity index (χ0) is 12.5. The first-order valence-corrected chi connectivity index (χ1v) is 6.15. The summed E-state index contributed by atoms with van der Waals surface area (Å²) in [6.45, 7) is 1.78. The van der Waals surface area contributed by atoms with E-state index < -0.39 is 0 Å². The molecule has 5 heteroatoms. The van der Waals surface area contributed by atoms with Gasteiger partial charge in [0.2, 0.25) is 0 Å². The maximum absolute atomic E-state index is 11.9. The van der Waals surface area contributed by atoms with Crippen LogP contribution in [0.3, 0.4) is 0 Å². The predicted molar refractivity (Wildman–Crippen MR) is 66.8 cm³/mol. The van der Waals surface area contributed by atoms with E-state index in [0.29, 0.717) is 13.1 Å². The molecule has 2 heterocycles. The van der Waals surface area contributed by atoms with Crippen LogP contribution in [-0.2, 0) is 16.0 Å². The van der Waals surface area contributed by atoms with Crippen LogP contribution in [0.1, 0.15) is 5.56 Å². The number of benzene rings is 1. The monoisotopic (exact) mass is 248 g/mol. The number of amides is 1. The number of rotatable bonds is 2. The Bertz CT molecular complexity index is 475. The van der Waals surface area contributed by atoms with E-state index in [9.17, 15) is 4.79 Å². The molecule has 0 aliphatic carbocycles. The molecule has 1 atom stereocenters. The third-order valence-corrected chi connectivity index (χ3v) is 3.38. The smallest absolute Gasteiger partial charge is 0.253 e. The minimum absolute atomic E-state index is 0.0152. The number of hydrogen-bond acceptors (Lipinski definition) is 4. The highest BCUT2D eigenvalue weighted by molar-refractivity contribution is 5.95. The summed E-state index contributed by atoms with van der Waals surface area (Å²) in [6, 6.07) is 5.87. The van der Waals surface area contributed by atoms with Gasteiger partial charge in [0.1, 0.15) is 12.4 Å². The molecule has 0 bridgehead atoms. The summed E-state index contributed by atoms with van der Waals surface area (Å²) < 4.78 is 10.8. The topological polar surface area (TPSA) is 64.8 Å². The van der Waals surface area contributed by atoms with Crippen molar-refractivity contribution in [2.45, 2.75) is 12.5 Å². The molecule has 0 aromatic heterocycles. The Morgan fingerprint density at radius 3 is 3.17 bits per heavy atom.